The van der Waals surface area contributed by atoms with Gasteiger partial charge in [-0.3, -0.25) is 19.2 Å². The van der Waals surface area contributed by atoms with Gasteiger partial charge in [0.1, 0.15) is 11.4 Å². The van der Waals surface area contributed by atoms with Gasteiger partial charge in [-0.05, 0) is 143 Å². The third-order valence-corrected chi connectivity index (χ3v) is 14.7. The zero-order valence-electron chi connectivity index (χ0n) is 28.7. The summed E-state index contributed by atoms with van der Waals surface area (Å²) in [6, 6.07) is 0. The van der Waals surface area contributed by atoms with Crippen LogP contribution in [0.15, 0.2) is 0 Å². The van der Waals surface area contributed by atoms with Gasteiger partial charge in [-0.2, -0.15) is 0 Å². The van der Waals surface area contributed by atoms with Gasteiger partial charge in [0, 0.05) is 19.4 Å². The van der Waals surface area contributed by atoms with Crippen LogP contribution in [0.3, 0.4) is 0 Å². The molecule has 8 nitrogen and oxygen atoms in total. The molecule has 6 saturated carbocycles. The number of carbonyl (C=O) groups is 4. The molecule has 256 valence electrons. The number of cyclic esters (lactones) is 2. The molecule has 0 aromatic rings. The van der Waals surface area contributed by atoms with Gasteiger partial charge in [0.25, 0.3) is 0 Å². The first-order valence-corrected chi connectivity index (χ1v) is 18.5. The topological polar surface area (TPSA) is 116 Å². The zero-order valence-corrected chi connectivity index (χ0v) is 28.7. The zero-order chi connectivity index (χ0) is 32.8. The summed E-state index contributed by atoms with van der Waals surface area (Å²) in [5.41, 5.74) is -0.582. The van der Waals surface area contributed by atoms with Crippen LogP contribution < -0.4 is 0 Å². The number of esters is 3. The molecule has 0 radical (unpaired) electrons. The molecule has 1 heterocycles. The van der Waals surface area contributed by atoms with Gasteiger partial charge in [0.15, 0.2) is 0 Å². The first-order chi connectivity index (χ1) is 21.8. The van der Waals surface area contributed by atoms with E-state index in [0.29, 0.717) is 83.9 Å². The lowest BCUT2D eigenvalue weighted by Gasteiger charge is -2.51. The number of Topliss-reactive ketones (excluding diaryl/α,β-unsaturated/α-hetero) is 1. The highest BCUT2D eigenvalue weighted by molar-refractivity contribution is 5.96. The number of aliphatic hydroxyl groups is 1. The number of hydrogen-bond acceptors (Lipinski definition) is 8. The number of ketones is 1. The number of methoxy groups -OCH3 is 1. The van der Waals surface area contributed by atoms with E-state index in [4.69, 9.17) is 14.2 Å². The summed E-state index contributed by atoms with van der Waals surface area (Å²) in [6.07, 6.45) is 7.23. The molecule has 0 amide bonds. The molecule has 6 bridgehead atoms. The number of hydrogen-bond donors (Lipinski definition) is 1. The highest BCUT2D eigenvalue weighted by Gasteiger charge is 2.68. The molecule has 46 heavy (non-hydrogen) atoms. The SMILES string of the molecule is COCCC(=O)C1CC2CC1C(C1C3CCC(C3)C1C1C(=O)OC(=O)C1C)C2C1C(C)C2CC(C(O)CC(=O)OC(C)(C)C)C1C2. The van der Waals surface area contributed by atoms with Crippen LogP contribution in [0, 0.1) is 94.7 Å². The lowest BCUT2D eigenvalue weighted by Crippen LogP contribution is -2.49. The van der Waals surface area contributed by atoms with Crippen molar-refractivity contribution in [2.24, 2.45) is 94.7 Å². The summed E-state index contributed by atoms with van der Waals surface area (Å²) in [7, 11) is 1.65. The van der Waals surface area contributed by atoms with Crippen LogP contribution in [-0.4, -0.2) is 54.2 Å². The summed E-state index contributed by atoms with van der Waals surface area (Å²) in [4.78, 5) is 52.4. The Kier molecular flexibility index (Phi) is 8.51. The number of carbonyl (C=O) groups excluding carboxylic acids is 4. The molecule has 0 aromatic carbocycles. The van der Waals surface area contributed by atoms with Crippen molar-refractivity contribution < 1.29 is 38.5 Å². The molecule has 1 aliphatic heterocycles. The lowest BCUT2D eigenvalue weighted by molar-refractivity contribution is -0.159. The summed E-state index contributed by atoms with van der Waals surface area (Å²) in [5.74, 6) is 3.39. The molecule has 17 atom stereocenters. The van der Waals surface area contributed by atoms with E-state index in [1.54, 1.807) is 7.11 Å². The Bertz CT molecular complexity index is 1240. The second-order valence-corrected chi connectivity index (χ2v) is 17.8. The summed E-state index contributed by atoms with van der Waals surface area (Å²) >= 11 is 0. The lowest BCUT2D eigenvalue weighted by atomic mass is 9.53. The van der Waals surface area contributed by atoms with E-state index in [9.17, 15) is 24.3 Å². The predicted octanol–water partition coefficient (Wildman–Crippen LogP) is 5.48. The van der Waals surface area contributed by atoms with Gasteiger partial charge >= 0.3 is 17.9 Å². The quantitative estimate of drug-likeness (QED) is 0.247. The summed E-state index contributed by atoms with van der Waals surface area (Å²) < 4.78 is 16.2. The van der Waals surface area contributed by atoms with E-state index in [-0.39, 0.29) is 48.0 Å². The monoisotopic (exact) mass is 640 g/mol. The minimum Gasteiger partial charge on any atom is -0.460 e. The van der Waals surface area contributed by atoms with E-state index >= 15 is 0 Å². The van der Waals surface area contributed by atoms with Gasteiger partial charge in [-0.25, -0.2) is 0 Å². The molecule has 1 N–H and O–H groups in total. The molecule has 0 spiro atoms. The average Bonchev–Trinajstić information content (AvgIpc) is 3.83. The Morgan fingerprint density at radius 3 is 2.15 bits per heavy atom. The third kappa shape index (κ3) is 5.31. The highest BCUT2D eigenvalue weighted by atomic mass is 16.6. The molecular formula is C38H56O8. The fourth-order valence-corrected chi connectivity index (χ4v) is 13.4. The molecule has 1 saturated heterocycles. The Balaban J connectivity index is 1.21. The van der Waals surface area contributed by atoms with E-state index in [0.717, 1.165) is 38.5 Å². The van der Waals surface area contributed by atoms with Crippen LogP contribution in [0.2, 0.25) is 0 Å². The largest absolute Gasteiger partial charge is 0.460 e. The van der Waals surface area contributed by atoms with Crippen LogP contribution in [0.4, 0.5) is 0 Å². The standard InChI is InChI=1S/C38H56O8/c1-17-21-12-24(28(40)16-29(41)46-38(3,4)5)25(13-21)30(17)34-22-14-23(27(39)9-10-44-6)26(15-22)35(34)33-20-8-7-19(11-20)32(33)31-18(2)36(42)45-37(31)43/h17-26,28,30-35,40H,7-16H2,1-6H3. The smallest absolute Gasteiger partial charge is 0.317 e. The average molecular weight is 641 g/mol. The van der Waals surface area contributed by atoms with Crippen molar-refractivity contribution in [1.29, 1.82) is 0 Å². The van der Waals surface area contributed by atoms with E-state index < -0.39 is 17.6 Å². The number of ether oxygens (including phenoxy) is 3. The fourth-order valence-electron chi connectivity index (χ4n) is 13.4. The molecule has 0 aromatic heterocycles. The molecule has 7 aliphatic rings. The Morgan fingerprint density at radius 1 is 0.848 bits per heavy atom. The Labute approximate surface area is 274 Å². The van der Waals surface area contributed by atoms with E-state index in [2.05, 4.69) is 6.92 Å². The first kappa shape index (κ1) is 32.7. The number of aliphatic hydroxyl groups excluding tert-OH is 1. The molecule has 6 aliphatic carbocycles. The highest BCUT2D eigenvalue weighted by Crippen LogP contribution is 2.72. The van der Waals surface area contributed by atoms with Gasteiger partial charge in [-0.1, -0.05) is 13.8 Å². The van der Waals surface area contributed by atoms with Crippen LogP contribution in [0.5, 0.6) is 0 Å². The number of fused-ring (bicyclic) bond motifs is 6. The van der Waals surface area contributed by atoms with Crippen molar-refractivity contribution in [3.05, 3.63) is 0 Å². The van der Waals surface area contributed by atoms with Crippen molar-refractivity contribution in [2.75, 3.05) is 13.7 Å². The second-order valence-electron chi connectivity index (χ2n) is 17.8. The van der Waals surface area contributed by atoms with Crippen LogP contribution in [0.25, 0.3) is 0 Å². The van der Waals surface area contributed by atoms with Crippen molar-refractivity contribution in [3.63, 3.8) is 0 Å². The summed E-state index contributed by atoms with van der Waals surface area (Å²) in [5, 5.41) is 11.5. The van der Waals surface area contributed by atoms with Gasteiger partial charge in [0.2, 0.25) is 0 Å². The molecule has 7 rings (SSSR count). The normalized spacial score (nSPS) is 48.0. The van der Waals surface area contributed by atoms with Crippen LogP contribution >= 0.6 is 0 Å². The predicted molar refractivity (Wildman–Crippen MR) is 169 cm³/mol. The molecular weight excluding hydrogens is 584 g/mol. The maximum absolute atomic E-state index is 13.7. The fraction of sp³-hybridized carbons (Fsp3) is 0.895. The van der Waals surface area contributed by atoms with Crippen molar-refractivity contribution >= 4 is 23.7 Å². The van der Waals surface area contributed by atoms with E-state index in [1.165, 1.54) is 6.42 Å². The van der Waals surface area contributed by atoms with Crippen LogP contribution in [-0.2, 0) is 33.4 Å². The van der Waals surface area contributed by atoms with Gasteiger partial charge in [0.05, 0.1) is 31.0 Å². The van der Waals surface area contributed by atoms with E-state index in [1.807, 2.05) is 27.7 Å². The maximum atomic E-state index is 13.7. The minimum atomic E-state index is -0.712. The minimum absolute atomic E-state index is 0.0344. The van der Waals surface area contributed by atoms with Gasteiger partial charge in [-0.15, -0.1) is 0 Å². The molecule has 7 fully saturated rings. The Morgan fingerprint density at radius 2 is 1.52 bits per heavy atom. The van der Waals surface area contributed by atoms with Crippen LogP contribution in [0.1, 0.15) is 92.4 Å². The van der Waals surface area contributed by atoms with Crippen molar-refractivity contribution in [3.8, 4) is 0 Å². The number of rotatable bonds is 10. The van der Waals surface area contributed by atoms with Crippen molar-refractivity contribution in [2.45, 2.75) is 104 Å². The molecule has 17 unspecified atom stereocenters. The van der Waals surface area contributed by atoms with Gasteiger partial charge < -0.3 is 19.3 Å². The maximum Gasteiger partial charge on any atom is 0.317 e. The molecule has 8 heteroatoms. The third-order valence-electron chi connectivity index (χ3n) is 14.7. The summed E-state index contributed by atoms with van der Waals surface area (Å²) in [6.45, 7) is 10.3. The second kappa shape index (κ2) is 12.0. The van der Waals surface area contributed by atoms with Crippen molar-refractivity contribution in [1.82, 2.24) is 0 Å². The first-order valence-electron chi connectivity index (χ1n) is 18.5. The Hall–Kier alpha value is -1.80.